The molecule has 0 radical (unpaired) electrons. The van der Waals surface area contributed by atoms with Gasteiger partial charge in [-0.25, -0.2) is 4.98 Å². The molecule has 0 saturated heterocycles. The minimum absolute atomic E-state index is 0.116. The van der Waals surface area contributed by atoms with E-state index in [4.69, 9.17) is 5.73 Å². The number of aromatic amines is 1. The van der Waals surface area contributed by atoms with Crippen molar-refractivity contribution in [2.75, 3.05) is 13.1 Å². The second kappa shape index (κ2) is 5.46. The van der Waals surface area contributed by atoms with Crippen LogP contribution in [-0.4, -0.2) is 33.8 Å². The minimum atomic E-state index is -0.184. The largest absolute Gasteiger partial charge is 0.355 e. The summed E-state index contributed by atoms with van der Waals surface area (Å²) in [6.07, 6.45) is 0.203. The van der Waals surface area contributed by atoms with Gasteiger partial charge >= 0.3 is 0 Å². The van der Waals surface area contributed by atoms with Crippen LogP contribution in [0.15, 0.2) is 4.79 Å². The molecule has 0 aliphatic carbocycles. The molecule has 2 heterocycles. The Bertz CT molecular complexity index is 714. The summed E-state index contributed by atoms with van der Waals surface area (Å²) < 4.78 is 1.59. The van der Waals surface area contributed by atoms with Crippen LogP contribution in [0.2, 0.25) is 0 Å². The topological polar surface area (TPSA) is 106 Å². The fourth-order valence-electron chi connectivity index (χ4n) is 2.34. The quantitative estimate of drug-likeness (QED) is 0.700. The van der Waals surface area contributed by atoms with Crippen molar-refractivity contribution in [1.29, 1.82) is 0 Å². The lowest BCUT2D eigenvalue weighted by Gasteiger charge is -2.10. The highest BCUT2D eigenvalue weighted by atomic mass is 16.1. The fourth-order valence-corrected chi connectivity index (χ4v) is 2.34. The van der Waals surface area contributed by atoms with Crippen molar-refractivity contribution in [2.45, 2.75) is 20.3 Å². The van der Waals surface area contributed by atoms with Gasteiger partial charge in [-0.3, -0.25) is 19.4 Å². The molecule has 0 saturated carbocycles. The average molecular weight is 277 g/mol. The molecule has 2 rings (SSSR count). The Morgan fingerprint density at radius 3 is 2.80 bits per heavy atom. The molecule has 7 nitrogen and oxygen atoms in total. The molecular weight excluding hydrogens is 258 g/mol. The molecule has 0 unspecified atom stereocenters. The van der Waals surface area contributed by atoms with Crippen molar-refractivity contribution in [3.63, 3.8) is 0 Å². The number of rotatable bonds is 4. The number of hydrogen-bond donors (Lipinski definition) is 3. The van der Waals surface area contributed by atoms with Crippen molar-refractivity contribution >= 4 is 16.9 Å². The molecule has 108 valence electrons. The number of fused-ring (bicyclic) bond motifs is 1. The minimum Gasteiger partial charge on any atom is -0.355 e. The van der Waals surface area contributed by atoms with Crippen LogP contribution in [0.25, 0.3) is 11.0 Å². The lowest BCUT2D eigenvalue weighted by atomic mass is 10.0. The molecule has 20 heavy (non-hydrogen) atoms. The van der Waals surface area contributed by atoms with Crippen molar-refractivity contribution in [3.8, 4) is 0 Å². The molecule has 0 aliphatic heterocycles. The monoisotopic (exact) mass is 277 g/mol. The maximum absolute atomic E-state index is 11.9. The smallest absolute Gasteiger partial charge is 0.273 e. The van der Waals surface area contributed by atoms with Crippen LogP contribution in [-0.2, 0) is 18.3 Å². The van der Waals surface area contributed by atoms with Crippen LogP contribution < -0.4 is 16.6 Å². The van der Waals surface area contributed by atoms with Crippen molar-refractivity contribution < 1.29 is 4.79 Å². The van der Waals surface area contributed by atoms with Gasteiger partial charge in [-0.1, -0.05) is 0 Å². The van der Waals surface area contributed by atoms with E-state index in [-0.39, 0.29) is 17.9 Å². The summed E-state index contributed by atoms with van der Waals surface area (Å²) in [5.41, 5.74) is 8.13. The third-order valence-corrected chi connectivity index (χ3v) is 3.38. The Balaban J connectivity index is 2.46. The number of H-pyrrole nitrogens is 1. The van der Waals surface area contributed by atoms with Crippen molar-refractivity contribution in [2.24, 2.45) is 12.8 Å². The van der Waals surface area contributed by atoms with Crippen LogP contribution in [0.3, 0.4) is 0 Å². The van der Waals surface area contributed by atoms with Crippen LogP contribution in [0, 0.1) is 13.8 Å². The Labute approximate surface area is 116 Å². The maximum atomic E-state index is 11.9. The van der Waals surface area contributed by atoms with Crippen LogP contribution >= 0.6 is 0 Å². The van der Waals surface area contributed by atoms with Gasteiger partial charge in [-0.2, -0.15) is 0 Å². The molecule has 4 N–H and O–H groups in total. The number of aryl methyl sites for hydroxylation is 3. The molecule has 2 aromatic heterocycles. The molecule has 1 amide bonds. The molecule has 0 fully saturated rings. The van der Waals surface area contributed by atoms with Crippen LogP contribution in [0.5, 0.6) is 0 Å². The van der Waals surface area contributed by atoms with Gasteiger partial charge in [-0.05, 0) is 25.0 Å². The van der Waals surface area contributed by atoms with Gasteiger partial charge in [0.05, 0.1) is 11.8 Å². The maximum Gasteiger partial charge on any atom is 0.273 e. The number of nitrogens with one attached hydrogen (secondary N) is 2. The number of aromatic nitrogens is 3. The average Bonchev–Trinajstić information content (AvgIpc) is 2.67. The Hall–Kier alpha value is -2.15. The van der Waals surface area contributed by atoms with E-state index in [1.807, 2.05) is 13.8 Å². The zero-order valence-corrected chi connectivity index (χ0v) is 11.9. The molecule has 0 spiro atoms. The normalized spacial score (nSPS) is 11.0. The van der Waals surface area contributed by atoms with Crippen LogP contribution in [0.4, 0.5) is 0 Å². The van der Waals surface area contributed by atoms with Gasteiger partial charge in [-0.15, -0.1) is 0 Å². The Morgan fingerprint density at radius 1 is 1.45 bits per heavy atom. The zero-order valence-electron chi connectivity index (χ0n) is 11.9. The van der Waals surface area contributed by atoms with E-state index < -0.39 is 0 Å². The summed E-state index contributed by atoms with van der Waals surface area (Å²) in [7, 11) is 1.74. The molecule has 0 atom stereocenters. The van der Waals surface area contributed by atoms with E-state index in [2.05, 4.69) is 15.4 Å². The van der Waals surface area contributed by atoms with Crippen LogP contribution in [0.1, 0.15) is 16.8 Å². The number of carbonyl (C=O) groups excluding carboxylic acids is 1. The first-order valence-electron chi connectivity index (χ1n) is 6.47. The predicted octanol–water partition coefficient (Wildman–Crippen LogP) is -0.504. The van der Waals surface area contributed by atoms with E-state index in [0.29, 0.717) is 24.1 Å². The first-order valence-corrected chi connectivity index (χ1v) is 6.47. The number of amides is 1. The predicted molar refractivity (Wildman–Crippen MR) is 76.6 cm³/mol. The highest BCUT2D eigenvalue weighted by Crippen LogP contribution is 2.20. The summed E-state index contributed by atoms with van der Waals surface area (Å²) in [6, 6.07) is 0. The molecule has 2 aromatic rings. The number of nitrogens with two attached hydrogens (primary N) is 1. The highest BCUT2D eigenvalue weighted by molar-refractivity contribution is 5.84. The Morgan fingerprint density at radius 2 is 2.15 bits per heavy atom. The fraction of sp³-hybridized carbons (Fsp3) is 0.462. The third-order valence-electron chi connectivity index (χ3n) is 3.38. The molecular formula is C13H19N5O2. The van der Waals surface area contributed by atoms with E-state index >= 15 is 0 Å². The highest BCUT2D eigenvalue weighted by Gasteiger charge is 2.17. The number of nitrogens with zero attached hydrogens (tertiary/aromatic N) is 2. The van der Waals surface area contributed by atoms with E-state index in [0.717, 1.165) is 16.8 Å². The standard InChI is InChI=1S/C13H19N5O2/c1-7-9(6-10(19)15-5-4-14)8(2)16-12-11(7)13(20)17-18(12)3/h4-6,14H2,1-3H3,(H,15,19)(H,17,20). The lowest BCUT2D eigenvalue weighted by Crippen LogP contribution is -2.30. The van der Waals surface area contributed by atoms with Gasteiger partial charge in [0.15, 0.2) is 5.65 Å². The first-order chi connectivity index (χ1) is 9.45. The second-order valence-electron chi connectivity index (χ2n) is 4.81. The summed E-state index contributed by atoms with van der Waals surface area (Å²) in [4.78, 5) is 28.1. The van der Waals surface area contributed by atoms with Gasteiger partial charge < -0.3 is 11.1 Å². The molecule has 0 aromatic carbocycles. The molecule has 0 bridgehead atoms. The number of hydrogen-bond acceptors (Lipinski definition) is 4. The van der Waals surface area contributed by atoms with E-state index in [1.165, 1.54) is 0 Å². The van der Waals surface area contributed by atoms with Gasteiger partial charge in [0.1, 0.15) is 0 Å². The summed E-state index contributed by atoms with van der Waals surface area (Å²) in [6.45, 7) is 4.53. The summed E-state index contributed by atoms with van der Waals surface area (Å²) in [5.74, 6) is -0.116. The van der Waals surface area contributed by atoms with Crippen molar-refractivity contribution in [1.82, 2.24) is 20.1 Å². The van der Waals surface area contributed by atoms with Gasteiger partial charge in [0.2, 0.25) is 5.91 Å². The second-order valence-corrected chi connectivity index (χ2v) is 4.81. The molecule has 7 heteroatoms. The van der Waals surface area contributed by atoms with E-state index in [1.54, 1.807) is 11.7 Å². The first kappa shape index (κ1) is 14.3. The molecule has 0 aliphatic rings. The van der Waals surface area contributed by atoms with E-state index in [9.17, 15) is 9.59 Å². The lowest BCUT2D eigenvalue weighted by molar-refractivity contribution is -0.120. The van der Waals surface area contributed by atoms with Gasteiger partial charge in [0, 0.05) is 25.8 Å². The van der Waals surface area contributed by atoms with Gasteiger partial charge in [0.25, 0.3) is 5.56 Å². The van der Waals surface area contributed by atoms with Crippen molar-refractivity contribution in [3.05, 3.63) is 27.2 Å². The summed E-state index contributed by atoms with van der Waals surface area (Å²) >= 11 is 0. The zero-order chi connectivity index (χ0) is 14.9. The summed E-state index contributed by atoms with van der Waals surface area (Å²) in [5, 5.41) is 5.94. The number of pyridine rings is 1. The Kier molecular flexibility index (Phi) is 3.89. The third kappa shape index (κ3) is 2.44. The number of carbonyl (C=O) groups is 1. The SMILES string of the molecule is Cc1nc2c(c(C)c1CC(=O)NCCN)c(=O)[nH]n2C.